The second-order valence-electron chi connectivity index (χ2n) is 11.8. The van der Waals surface area contributed by atoms with Crippen LogP contribution in [-0.4, -0.2) is 47.8 Å². The van der Waals surface area contributed by atoms with Gasteiger partial charge in [-0.25, -0.2) is 0 Å². The summed E-state index contributed by atoms with van der Waals surface area (Å²) in [5.41, 5.74) is 3.08. The van der Waals surface area contributed by atoms with Gasteiger partial charge in [0.1, 0.15) is 0 Å². The van der Waals surface area contributed by atoms with E-state index < -0.39 is 83.3 Å². The van der Waals surface area contributed by atoms with E-state index in [-0.39, 0.29) is 24.7 Å². The van der Waals surface area contributed by atoms with Gasteiger partial charge in [-0.05, 0) is 46.9 Å². The van der Waals surface area contributed by atoms with Crippen LogP contribution < -0.4 is 0 Å². The van der Waals surface area contributed by atoms with Gasteiger partial charge in [-0.15, -0.1) is 0 Å². The molecule has 2 aromatic rings. The molecule has 4 fully saturated rings. The highest BCUT2D eigenvalue weighted by molar-refractivity contribution is 6.02. The van der Waals surface area contributed by atoms with Crippen molar-refractivity contribution in [1.29, 1.82) is 0 Å². The zero-order chi connectivity index (χ0) is 30.9. The summed E-state index contributed by atoms with van der Waals surface area (Å²) in [5, 5.41) is 0. The fourth-order valence-electron chi connectivity index (χ4n) is 7.65. The van der Waals surface area contributed by atoms with Crippen LogP contribution >= 0.6 is 0 Å². The first kappa shape index (κ1) is 27.8. The van der Waals surface area contributed by atoms with E-state index in [1.807, 2.05) is 24.3 Å². The minimum absolute atomic E-state index is 0.0121. The van der Waals surface area contributed by atoms with Gasteiger partial charge in [0.2, 0.25) is 0 Å². The number of hydrogen-bond acceptors (Lipinski definition) is 12. The van der Waals surface area contributed by atoms with E-state index in [0.29, 0.717) is 24.0 Å². The zero-order valence-corrected chi connectivity index (χ0v) is 23.0. The molecule has 4 aliphatic heterocycles. The van der Waals surface area contributed by atoms with Gasteiger partial charge in [0, 0.05) is 0 Å². The molecule has 8 atom stereocenters. The Bertz CT molecular complexity index is 1570. The third kappa shape index (κ3) is 4.35. The average Bonchev–Trinajstić information content (AvgIpc) is 3.70. The lowest BCUT2D eigenvalue weighted by Gasteiger charge is -2.32. The molecular formula is C32H24O12. The fraction of sp³-hybridized carbons (Fsp3) is 0.375. The molecule has 2 aliphatic carbocycles. The van der Waals surface area contributed by atoms with Crippen LogP contribution in [0.1, 0.15) is 71.6 Å². The summed E-state index contributed by atoms with van der Waals surface area (Å²) >= 11 is 0. The summed E-state index contributed by atoms with van der Waals surface area (Å²) in [6.07, 6.45) is 0.662. The van der Waals surface area contributed by atoms with Crippen molar-refractivity contribution in [2.24, 2.45) is 23.7 Å². The molecule has 0 saturated carbocycles. The van der Waals surface area contributed by atoms with Crippen molar-refractivity contribution in [2.45, 2.75) is 49.4 Å². The van der Waals surface area contributed by atoms with Gasteiger partial charge in [-0.1, -0.05) is 48.5 Å². The lowest BCUT2D eigenvalue weighted by atomic mass is 9.67. The lowest BCUT2D eigenvalue weighted by Crippen LogP contribution is -2.31. The number of cyclic esters (lactones) is 8. The molecule has 0 N–H and O–H groups in total. The summed E-state index contributed by atoms with van der Waals surface area (Å²) in [5.74, 6) is -8.56. The number of carbonyl (C=O) groups is 8. The van der Waals surface area contributed by atoms with Gasteiger partial charge in [0.05, 0.1) is 48.3 Å². The Balaban J connectivity index is 0.000000142. The molecule has 4 saturated heterocycles. The van der Waals surface area contributed by atoms with E-state index in [2.05, 4.69) is 9.47 Å². The number of carbonyl (C=O) groups excluding carboxylic acids is 8. The maximum Gasteiger partial charge on any atom is 0.321 e. The molecule has 44 heavy (non-hydrogen) atoms. The van der Waals surface area contributed by atoms with Crippen LogP contribution in [0.5, 0.6) is 0 Å². The first-order valence-electron chi connectivity index (χ1n) is 14.3. The molecule has 4 heterocycles. The maximum absolute atomic E-state index is 11.9. The van der Waals surface area contributed by atoms with Crippen LogP contribution in [0.4, 0.5) is 0 Å². The number of benzene rings is 2. The molecule has 0 radical (unpaired) electrons. The molecule has 2 aromatic carbocycles. The molecule has 0 aromatic heterocycles. The minimum Gasteiger partial charge on any atom is -0.393 e. The molecule has 224 valence electrons. The van der Waals surface area contributed by atoms with Crippen molar-refractivity contribution in [3.8, 4) is 0 Å². The van der Waals surface area contributed by atoms with Crippen molar-refractivity contribution in [1.82, 2.24) is 0 Å². The predicted octanol–water partition coefficient (Wildman–Crippen LogP) is 2.09. The number of hydrogen-bond donors (Lipinski definition) is 0. The van der Waals surface area contributed by atoms with Crippen molar-refractivity contribution < 1.29 is 57.3 Å². The van der Waals surface area contributed by atoms with Gasteiger partial charge in [0.25, 0.3) is 0 Å². The normalized spacial score (nSPS) is 33.3. The van der Waals surface area contributed by atoms with Gasteiger partial charge in [-0.3, -0.25) is 38.4 Å². The van der Waals surface area contributed by atoms with E-state index in [1.54, 1.807) is 24.3 Å². The molecule has 0 bridgehead atoms. The number of ether oxygens (including phenoxy) is 4. The highest BCUT2D eigenvalue weighted by atomic mass is 16.6. The Labute approximate surface area is 249 Å². The highest BCUT2D eigenvalue weighted by Crippen LogP contribution is 2.52. The number of fused-ring (bicyclic) bond motifs is 6. The SMILES string of the molecule is O=C1CC(C2CC3C(=O)OC(=O)C3c3ccccc32)C(=O)O1.O=C1CC(C2CC3C(=O)OC(=O)C3c3ccccc32)C(=O)O1. The first-order chi connectivity index (χ1) is 21.1. The van der Waals surface area contributed by atoms with Crippen LogP contribution in [0.15, 0.2) is 48.5 Å². The standard InChI is InChI=1S/2C16H12O6/c2*17-12-6-10(14(18)21-12)9-5-11-13(16(20)22-15(11)19)8-4-2-1-3-7(8)9/h2*1-4,9-11,13H,5-6H2. The molecule has 6 aliphatic rings. The predicted molar refractivity (Wildman–Crippen MR) is 141 cm³/mol. The monoisotopic (exact) mass is 600 g/mol. The second-order valence-corrected chi connectivity index (χ2v) is 11.8. The third-order valence-electron chi connectivity index (χ3n) is 9.58. The van der Waals surface area contributed by atoms with Gasteiger partial charge in [-0.2, -0.15) is 0 Å². The Kier molecular flexibility index (Phi) is 6.52. The molecule has 8 unspecified atom stereocenters. The van der Waals surface area contributed by atoms with Crippen molar-refractivity contribution in [2.75, 3.05) is 0 Å². The van der Waals surface area contributed by atoms with Crippen LogP contribution in [-0.2, 0) is 57.3 Å². The Morgan fingerprint density at radius 3 is 1.07 bits per heavy atom. The summed E-state index contributed by atoms with van der Waals surface area (Å²) in [4.78, 5) is 94.3. The topological polar surface area (TPSA) is 173 Å². The van der Waals surface area contributed by atoms with Crippen LogP contribution in [0.2, 0.25) is 0 Å². The maximum atomic E-state index is 11.9. The molecule has 12 nitrogen and oxygen atoms in total. The Morgan fingerprint density at radius 1 is 0.386 bits per heavy atom. The summed E-state index contributed by atoms with van der Waals surface area (Å²) in [6.45, 7) is 0. The second kappa shape index (κ2) is 10.3. The van der Waals surface area contributed by atoms with Crippen molar-refractivity contribution in [3.05, 3.63) is 70.8 Å². The largest absolute Gasteiger partial charge is 0.393 e. The van der Waals surface area contributed by atoms with Crippen molar-refractivity contribution >= 4 is 47.8 Å². The van der Waals surface area contributed by atoms with E-state index in [0.717, 1.165) is 11.1 Å². The summed E-state index contributed by atoms with van der Waals surface area (Å²) in [7, 11) is 0. The van der Waals surface area contributed by atoms with E-state index >= 15 is 0 Å². The number of esters is 8. The van der Waals surface area contributed by atoms with Crippen LogP contribution in [0, 0.1) is 23.7 Å². The number of rotatable bonds is 2. The average molecular weight is 601 g/mol. The summed E-state index contributed by atoms with van der Waals surface area (Å²) < 4.78 is 18.8. The molecule has 0 amide bonds. The Hall–Kier alpha value is -5.00. The third-order valence-corrected chi connectivity index (χ3v) is 9.58. The van der Waals surface area contributed by atoms with E-state index in [9.17, 15) is 38.4 Å². The van der Waals surface area contributed by atoms with E-state index in [4.69, 9.17) is 9.47 Å². The smallest absolute Gasteiger partial charge is 0.321 e. The lowest BCUT2D eigenvalue weighted by molar-refractivity contribution is -0.155. The first-order valence-corrected chi connectivity index (χ1v) is 14.3. The zero-order valence-electron chi connectivity index (χ0n) is 23.0. The van der Waals surface area contributed by atoms with Crippen LogP contribution in [0.3, 0.4) is 0 Å². The van der Waals surface area contributed by atoms with Gasteiger partial charge < -0.3 is 18.9 Å². The minimum atomic E-state index is -0.604. The molecule has 8 rings (SSSR count). The Morgan fingerprint density at radius 2 is 0.727 bits per heavy atom. The summed E-state index contributed by atoms with van der Waals surface area (Å²) in [6, 6.07) is 14.4. The van der Waals surface area contributed by atoms with Crippen molar-refractivity contribution in [3.63, 3.8) is 0 Å². The van der Waals surface area contributed by atoms with Gasteiger partial charge >= 0.3 is 47.8 Å². The fourth-order valence-corrected chi connectivity index (χ4v) is 7.65. The van der Waals surface area contributed by atoms with Gasteiger partial charge in [0.15, 0.2) is 0 Å². The molecule has 12 heteroatoms. The highest BCUT2D eigenvalue weighted by Gasteiger charge is 2.55. The van der Waals surface area contributed by atoms with E-state index in [1.165, 1.54) is 0 Å². The van der Waals surface area contributed by atoms with Crippen LogP contribution in [0.25, 0.3) is 0 Å². The quantitative estimate of drug-likeness (QED) is 0.279. The molecular weight excluding hydrogens is 576 g/mol. The molecule has 0 spiro atoms.